The third-order valence-electron chi connectivity index (χ3n) is 4.18. The molecule has 0 aliphatic heterocycles. The number of hydrogen-bond donors (Lipinski definition) is 1. The second-order valence-electron chi connectivity index (χ2n) is 5.58. The first kappa shape index (κ1) is 12.6. The van der Waals surface area contributed by atoms with Gasteiger partial charge in [0, 0.05) is 0 Å². The maximum absolute atomic E-state index is 5.74. The van der Waals surface area contributed by atoms with Gasteiger partial charge < -0.3 is 5.73 Å². The molecule has 2 atom stereocenters. The summed E-state index contributed by atoms with van der Waals surface area (Å²) in [6.07, 6.45) is 8.10. The van der Waals surface area contributed by atoms with Crippen molar-refractivity contribution in [3.63, 3.8) is 0 Å². The van der Waals surface area contributed by atoms with E-state index in [1.165, 1.54) is 49.7 Å². The lowest BCUT2D eigenvalue weighted by Crippen LogP contribution is -2.24. The van der Waals surface area contributed by atoms with E-state index in [9.17, 15) is 0 Å². The highest BCUT2D eigenvalue weighted by atomic mass is 14.5. The van der Waals surface area contributed by atoms with Crippen LogP contribution in [0.2, 0.25) is 0 Å². The van der Waals surface area contributed by atoms with Crippen molar-refractivity contribution in [3.05, 3.63) is 35.4 Å². The van der Waals surface area contributed by atoms with Gasteiger partial charge in [0.15, 0.2) is 0 Å². The lowest BCUT2D eigenvalue weighted by atomic mass is 9.74. The van der Waals surface area contributed by atoms with Crippen LogP contribution < -0.4 is 5.73 Å². The summed E-state index contributed by atoms with van der Waals surface area (Å²) in [5.74, 6) is 1.74. The van der Waals surface area contributed by atoms with E-state index in [1.54, 1.807) is 0 Å². The molecule has 1 heteroatoms. The SMILES string of the molecule is Cc1cccc(CC2CCCCC2CCN)c1. The van der Waals surface area contributed by atoms with E-state index in [2.05, 4.69) is 31.2 Å². The summed E-state index contributed by atoms with van der Waals surface area (Å²) >= 11 is 0. The van der Waals surface area contributed by atoms with Crippen LogP contribution in [0.4, 0.5) is 0 Å². The highest BCUT2D eigenvalue weighted by molar-refractivity contribution is 5.22. The zero-order chi connectivity index (χ0) is 12.1. The molecule has 17 heavy (non-hydrogen) atoms. The molecule has 0 saturated heterocycles. The Kier molecular flexibility index (Phi) is 4.61. The Morgan fingerprint density at radius 1 is 1.18 bits per heavy atom. The summed E-state index contributed by atoms with van der Waals surface area (Å²) in [5.41, 5.74) is 8.64. The third kappa shape index (κ3) is 3.57. The second-order valence-corrected chi connectivity index (χ2v) is 5.58. The van der Waals surface area contributed by atoms with Gasteiger partial charge in [0.2, 0.25) is 0 Å². The average Bonchev–Trinajstić information content (AvgIpc) is 2.32. The van der Waals surface area contributed by atoms with Crippen molar-refractivity contribution < 1.29 is 0 Å². The molecular weight excluding hydrogens is 206 g/mol. The van der Waals surface area contributed by atoms with Gasteiger partial charge in [-0.05, 0) is 50.1 Å². The number of hydrogen-bond acceptors (Lipinski definition) is 1. The van der Waals surface area contributed by atoms with Crippen LogP contribution >= 0.6 is 0 Å². The van der Waals surface area contributed by atoms with Gasteiger partial charge in [-0.3, -0.25) is 0 Å². The van der Waals surface area contributed by atoms with Crippen molar-refractivity contribution in [1.82, 2.24) is 0 Å². The second kappa shape index (κ2) is 6.20. The van der Waals surface area contributed by atoms with Gasteiger partial charge in [-0.25, -0.2) is 0 Å². The highest BCUT2D eigenvalue weighted by Crippen LogP contribution is 2.34. The van der Waals surface area contributed by atoms with E-state index in [0.717, 1.165) is 18.4 Å². The Morgan fingerprint density at radius 2 is 1.94 bits per heavy atom. The highest BCUT2D eigenvalue weighted by Gasteiger charge is 2.24. The van der Waals surface area contributed by atoms with E-state index in [4.69, 9.17) is 5.73 Å². The van der Waals surface area contributed by atoms with Crippen molar-refractivity contribution in [1.29, 1.82) is 0 Å². The minimum absolute atomic E-state index is 0.856. The minimum atomic E-state index is 0.856. The Hall–Kier alpha value is -0.820. The summed E-state index contributed by atoms with van der Waals surface area (Å²) < 4.78 is 0. The van der Waals surface area contributed by atoms with Crippen molar-refractivity contribution in [2.24, 2.45) is 17.6 Å². The molecular formula is C16H25N. The van der Waals surface area contributed by atoms with Crippen molar-refractivity contribution in [3.8, 4) is 0 Å². The minimum Gasteiger partial charge on any atom is -0.330 e. The quantitative estimate of drug-likeness (QED) is 0.840. The molecule has 0 bridgehead atoms. The predicted molar refractivity (Wildman–Crippen MR) is 74.0 cm³/mol. The topological polar surface area (TPSA) is 26.0 Å². The van der Waals surface area contributed by atoms with Gasteiger partial charge in [0.25, 0.3) is 0 Å². The fourth-order valence-electron chi connectivity index (χ4n) is 3.29. The van der Waals surface area contributed by atoms with Gasteiger partial charge in [0.05, 0.1) is 0 Å². The lowest BCUT2D eigenvalue weighted by molar-refractivity contribution is 0.225. The van der Waals surface area contributed by atoms with Gasteiger partial charge in [-0.1, -0.05) is 49.1 Å². The fraction of sp³-hybridized carbons (Fsp3) is 0.625. The van der Waals surface area contributed by atoms with Crippen LogP contribution in [0.1, 0.15) is 43.2 Å². The predicted octanol–water partition coefficient (Wildman–Crippen LogP) is 3.69. The Bertz CT molecular complexity index is 343. The van der Waals surface area contributed by atoms with E-state index in [0.29, 0.717) is 0 Å². The van der Waals surface area contributed by atoms with E-state index < -0.39 is 0 Å². The summed E-state index contributed by atoms with van der Waals surface area (Å²) in [6, 6.07) is 8.99. The molecule has 1 aromatic rings. The van der Waals surface area contributed by atoms with E-state index >= 15 is 0 Å². The number of nitrogens with two attached hydrogens (primary N) is 1. The van der Waals surface area contributed by atoms with Gasteiger partial charge in [-0.2, -0.15) is 0 Å². The molecule has 2 rings (SSSR count). The molecule has 2 unspecified atom stereocenters. The third-order valence-corrected chi connectivity index (χ3v) is 4.18. The van der Waals surface area contributed by atoms with Crippen LogP contribution in [-0.4, -0.2) is 6.54 Å². The standard InChI is InChI=1S/C16H25N/c1-13-5-4-6-14(11-13)12-16-8-3-2-7-15(16)9-10-17/h4-6,11,15-16H,2-3,7-10,12,17H2,1H3. The van der Waals surface area contributed by atoms with Crippen LogP contribution in [0, 0.1) is 18.8 Å². The normalized spacial score (nSPS) is 24.8. The molecule has 1 aliphatic carbocycles. The first-order valence-corrected chi connectivity index (χ1v) is 7.05. The van der Waals surface area contributed by atoms with Gasteiger partial charge in [-0.15, -0.1) is 0 Å². The molecule has 2 N–H and O–H groups in total. The van der Waals surface area contributed by atoms with Gasteiger partial charge in [0.1, 0.15) is 0 Å². The molecule has 1 aromatic carbocycles. The average molecular weight is 231 g/mol. The van der Waals surface area contributed by atoms with Crippen LogP contribution in [-0.2, 0) is 6.42 Å². The zero-order valence-electron chi connectivity index (χ0n) is 11.0. The first-order valence-electron chi connectivity index (χ1n) is 7.05. The maximum atomic E-state index is 5.74. The Balaban J connectivity index is 2.00. The summed E-state index contributed by atoms with van der Waals surface area (Å²) in [7, 11) is 0. The van der Waals surface area contributed by atoms with E-state index in [-0.39, 0.29) is 0 Å². The van der Waals surface area contributed by atoms with Crippen molar-refractivity contribution in [2.45, 2.75) is 45.4 Å². The van der Waals surface area contributed by atoms with Crippen LogP contribution in [0.3, 0.4) is 0 Å². The molecule has 0 radical (unpaired) electrons. The Labute approximate surface area is 105 Å². The summed E-state index contributed by atoms with van der Waals surface area (Å²) in [4.78, 5) is 0. The molecule has 0 heterocycles. The zero-order valence-corrected chi connectivity index (χ0v) is 11.0. The smallest absolute Gasteiger partial charge is 0.00745 e. The molecule has 1 aliphatic rings. The van der Waals surface area contributed by atoms with Crippen LogP contribution in [0.5, 0.6) is 0 Å². The molecule has 1 saturated carbocycles. The molecule has 0 aromatic heterocycles. The first-order chi connectivity index (χ1) is 8.29. The van der Waals surface area contributed by atoms with Crippen LogP contribution in [0.15, 0.2) is 24.3 Å². The largest absolute Gasteiger partial charge is 0.330 e. The number of aryl methyl sites for hydroxylation is 1. The lowest BCUT2D eigenvalue weighted by Gasteiger charge is -2.31. The summed E-state index contributed by atoms with van der Waals surface area (Å²) in [5, 5.41) is 0. The molecule has 1 fully saturated rings. The van der Waals surface area contributed by atoms with Crippen molar-refractivity contribution >= 4 is 0 Å². The maximum Gasteiger partial charge on any atom is -0.00745 e. The Morgan fingerprint density at radius 3 is 2.65 bits per heavy atom. The van der Waals surface area contributed by atoms with E-state index in [1.807, 2.05) is 0 Å². The molecule has 94 valence electrons. The van der Waals surface area contributed by atoms with Crippen LogP contribution in [0.25, 0.3) is 0 Å². The van der Waals surface area contributed by atoms with Gasteiger partial charge >= 0.3 is 0 Å². The monoisotopic (exact) mass is 231 g/mol. The number of benzene rings is 1. The molecule has 0 spiro atoms. The fourth-order valence-corrected chi connectivity index (χ4v) is 3.29. The van der Waals surface area contributed by atoms with Crippen molar-refractivity contribution in [2.75, 3.05) is 6.54 Å². The number of rotatable bonds is 4. The molecule has 0 amide bonds. The summed E-state index contributed by atoms with van der Waals surface area (Å²) in [6.45, 7) is 3.04. The molecule has 1 nitrogen and oxygen atoms in total.